The average molecular weight is 224 g/mol. The summed E-state index contributed by atoms with van der Waals surface area (Å²) in [5, 5.41) is 7.04. The van der Waals surface area contributed by atoms with Gasteiger partial charge in [-0.1, -0.05) is 0 Å². The van der Waals surface area contributed by atoms with E-state index < -0.39 is 0 Å². The molecule has 0 atom stereocenters. The molecular formula is C12H20N2S. The number of hydrogen-bond acceptors (Lipinski definition) is 3. The third-order valence-electron chi connectivity index (χ3n) is 3.30. The molecule has 1 aromatic rings. The van der Waals surface area contributed by atoms with Crippen molar-refractivity contribution in [2.45, 2.75) is 38.6 Å². The number of nitrogens with two attached hydrogens (primary N) is 1. The Morgan fingerprint density at radius 2 is 2.13 bits per heavy atom. The van der Waals surface area contributed by atoms with E-state index in [0.717, 1.165) is 12.5 Å². The van der Waals surface area contributed by atoms with Crippen LogP contribution in [0.25, 0.3) is 0 Å². The van der Waals surface area contributed by atoms with E-state index in [9.17, 15) is 0 Å². The van der Waals surface area contributed by atoms with E-state index in [0.29, 0.717) is 6.04 Å². The van der Waals surface area contributed by atoms with Gasteiger partial charge in [0, 0.05) is 12.6 Å². The van der Waals surface area contributed by atoms with Crippen LogP contribution in [-0.4, -0.2) is 12.6 Å². The van der Waals surface area contributed by atoms with Crippen LogP contribution in [0.1, 0.15) is 31.2 Å². The quantitative estimate of drug-likeness (QED) is 0.828. The molecule has 0 saturated heterocycles. The zero-order valence-electron chi connectivity index (χ0n) is 9.33. The van der Waals surface area contributed by atoms with E-state index in [1.807, 2.05) is 0 Å². The second-order valence-corrected chi connectivity index (χ2v) is 5.51. The van der Waals surface area contributed by atoms with E-state index in [1.165, 1.54) is 36.2 Å². The Morgan fingerprint density at radius 1 is 1.40 bits per heavy atom. The maximum absolute atomic E-state index is 5.89. The van der Waals surface area contributed by atoms with Crippen molar-refractivity contribution in [3.8, 4) is 0 Å². The van der Waals surface area contributed by atoms with E-state index in [1.54, 1.807) is 11.3 Å². The summed E-state index contributed by atoms with van der Waals surface area (Å²) in [6, 6.07) is 2.63. The Kier molecular flexibility index (Phi) is 3.65. The summed E-state index contributed by atoms with van der Waals surface area (Å²) in [6.45, 7) is 3.28. The van der Waals surface area contributed by atoms with Crippen LogP contribution in [0, 0.1) is 12.8 Å². The van der Waals surface area contributed by atoms with Crippen LogP contribution in [-0.2, 0) is 0 Å². The molecule has 0 aromatic carbocycles. The summed E-state index contributed by atoms with van der Waals surface area (Å²) in [5.74, 6) is 0.825. The number of aryl methyl sites for hydroxylation is 1. The highest BCUT2D eigenvalue weighted by molar-refractivity contribution is 7.14. The molecule has 1 fully saturated rings. The molecule has 1 aliphatic rings. The van der Waals surface area contributed by atoms with Crippen molar-refractivity contribution in [3.05, 3.63) is 17.0 Å². The minimum Gasteiger partial charge on any atom is -0.376 e. The number of hydrogen-bond donors (Lipinski definition) is 2. The lowest BCUT2D eigenvalue weighted by atomic mass is 9.86. The highest BCUT2D eigenvalue weighted by Crippen LogP contribution is 2.26. The van der Waals surface area contributed by atoms with Crippen molar-refractivity contribution in [1.29, 1.82) is 0 Å². The molecule has 0 spiro atoms. The van der Waals surface area contributed by atoms with Crippen molar-refractivity contribution >= 4 is 16.3 Å². The molecule has 2 rings (SSSR count). The molecule has 0 unspecified atom stereocenters. The highest BCUT2D eigenvalue weighted by atomic mass is 32.1. The largest absolute Gasteiger partial charge is 0.376 e. The second kappa shape index (κ2) is 4.99. The second-order valence-electron chi connectivity index (χ2n) is 4.59. The number of nitrogens with one attached hydrogen (secondary N) is 1. The summed E-state index contributed by atoms with van der Waals surface area (Å²) in [7, 11) is 0. The van der Waals surface area contributed by atoms with Crippen molar-refractivity contribution in [3.63, 3.8) is 0 Å². The molecule has 1 saturated carbocycles. The smallest absolute Gasteiger partial charge is 0.0912 e. The molecule has 3 N–H and O–H groups in total. The zero-order valence-corrected chi connectivity index (χ0v) is 10.1. The van der Waals surface area contributed by atoms with E-state index >= 15 is 0 Å². The molecule has 15 heavy (non-hydrogen) atoms. The van der Waals surface area contributed by atoms with Crippen LogP contribution in [0.15, 0.2) is 11.4 Å². The van der Waals surface area contributed by atoms with Crippen molar-refractivity contribution in [1.82, 2.24) is 0 Å². The predicted octanol–water partition coefficient (Wildman–Crippen LogP) is 2.99. The van der Waals surface area contributed by atoms with Gasteiger partial charge in [0.1, 0.15) is 0 Å². The normalized spacial score (nSPS) is 26.5. The molecule has 1 aliphatic carbocycles. The molecule has 0 aliphatic heterocycles. The first-order valence-electron chi connectivity index (χ1n) is 5.79. The Hall–Kier alpha value is -0.540. The minimum absolute atomic E-state index is 0.463. The van der Waals surface area contributed by atoms with Gasteiger partial charge in [0.15, 0.2) is 0 Å². The molecule has 0 amide bonds. The number of thiophene rings is 1. The van der Waals surface area contributed by atoms with Gasteiger partial charge in [0.25, 0.3) is 0 Å². The molecular weight excluding hydrogens is 204 g/mol. The molecule has 84 valence electrons. The van der Waals surface area contributed by atoms with Crippen LogP contribution in [0.5, 0.6) is 0 Å². The number of anilines is 1. The van der Waals surface area contributed by atoms with Crippen molar-refractivity contribution in [2.75, 3.05) is 11.9 Å². The van der Waals surface area contributed by atoms with Crippen LogP contribution >= 0.6 is 11.3 Å². The minimum atomic E-state index is 0.463. The Labute approximate surface area is 95.9 Å². The fourth-order valence-corrected chi connectivity index (χ4v) is 3.01. The summed E-state index contributed by atoms with van der Waals surface area (Å²) >= 11 is 1.80. The van der Waals surface area contributed by atoms with E-state index in [4.69, 9.17) is 5.73 Å². The van der Waals surface area contributed by atoms with E-state index in [-0.39, 0.29) is 0 Å². The lowest BCUT2D eigenvalue weighted by Crippen LogP contribution is -2.29. The van der Waals surface area contributed by atoms with Gasteiger partial charge in [-0.25, -0.2) is 0 Å². The van der Waals surface area contributed by atoms with Gasteiger partial charge in [0.05, 0.1) is 5.00 Å². The Morgan fingerprint density at radius 3 is 2.73 bits per heavy atom. The summed E-state index contributed by atoms with van der Waals surface area (Å²) < 4.78 is 0. The lowest BCUT2D eigenvalue weighted by Gasteiger charge is -2.26. The summed E-state index contributed by atoms with van der Waals surface area (Å²) in [4.78, 5) is 0. The van der Waals surface area contributed by atoms with Crippen LogP contribution in [0.3, 0.4) is 0 Å². The van der Waals surface area contributed by atoms with Gasteiger partial charge < -0.3 is 11.1 Å². The van der Waals surface area contributed by atoms with Gasteiger partial charge in [-0.2, -0.15) is 0 Å². The fraction of sp³-hybridized carbons (Fsp3) is 0.667. The summed E-state index contributed by atoms with van der Waals surface area (Å²) in [6.07, 6.45) is 4.99. The molecule has 1 aromatic heterocycles. The first-order valence-corrected chi connectivity index (χ1v) is 6.67. The van der Waals surface area contributed by atoms with Crippen LogP contribution in [0.4, 0.5) is 5.00 Å². The number of rotatable bonds is 3. The maximum atomic E-state index is 5.89. The third kappa shape index (κ3) is 2.95. The SMILES string of the molecule is Cc1ccsc1NCC1CCC(N)CC1. The molecule has 0 bridgehead atoms. The monoisotopic (exact) mass is 224 g/mol. The van der Waals surface area contributed by atoms with E-state index in [2.05, 4.69) is 23.7 Å². The Balaban J connectivity index is 1.77. The fourth-order valence-electron chi connectivity index (χ4n) is 2.18. The molecule has 2 nitrogen and oxygen atoms in total. The Bertz CT molecular complexity index is 300. The van der Waals surface area contributed by atoms with Crippen molar-refractivity contribution in [2.24, 2.45) is 11.7 Å². The molecule has 0 radical (unpaired) electrons. The lowest BCUT2D eigenvalue weighted by molar-refractivity contribution is 0.339. The molecule has 3 heteroatoms. The predicted molar refractivity (Wildman–Crippen MR) is 67.5 cm³/mol. The zero-order chi connectivity index (χ0) is 10.7. The van der Waals surface area contributed by atoms with Crippen LogP contribution in [0.2, 0.25) is 0 Å². The van der Waals surface area contributed by atoms with Gasteiger partial charge >= 0.3 is 0 Å². The van der Waals surface area contributed by atoms with Gasteiger partial charge in [-0.15, -0.1) is 11.3 Å². The topological polar surface area (TPSA) is 38.0 Å². The van der Waals surface area contributed by atoms with Gasteiger partial charge in [-0.05, 0) is 55.5 Å². The van der Waals surface area contributed by atoms with Crippen LogP contribution < -0.4 is 11.1 Å². The summed E-state index contributed by atoms with van der Waals surface area (Å²) in [5.41, 5.74) is 7.26. The van der Waals surface area contributed by atoms with Crippen molar-refractivity contribution < 1.29 is 0 Å². The first-order chi connectivity index (χ1) is 7.25. The van der Waals surface area contributed by atoms with Gasteiger partial charge in [0.2, 0.25) is 0 Å². The standard InChI is InChI=1S/C12H20N2S/c1-9-6-7-15-12(9)14-8-10-2-4-11(13)5-3-10/h6-7,10-11,14H,2-5,8,13H2,1H3. The first kappa shape index (κ1) is 11.0. The highest BCUT2D eigenvalue weighted by Gasteiger charge is 2.18. The molecule has 1 heterocycles. The average Bonchev–Trinajstić information content (AvgIpc) is 2.63. The maximum Gasteiger partial charge on any atom is 0.0912 e. The third-order valence-corrected chi connectivity index (χ3v) is 4.28. The van der Waals surface area contributed by atoms with Gasteiger partial charge in [-0.3, -0.25) is 0 Å².